The van der Waals surface area contributed by atoms with Crippen LogP contribution in [-0.4, -0.2) is 35.9 Å². The molecule has 134 valence electrons. The lowest BCUT2D eigenvalue weighted by Crippen LogP contribution is -2.38. The number of pyridine rings is 1. The average Bonchev–Trinajstić information content (AvgIpc) is 2.99. The van der Waals surface area contributed by atoms with E-state index in [9.17, 15) is 23.1 Å². The van der Waals surface area contributed by atoms with Gasteiger partial charge in [0.05, 0.1) is 11.3 Å². The molecule has 0 aliphatic heterocycles. The summed E-state index contributed by atoms with van der Waals surface area (Å²) in [6.07, 6.45) is 1.30. The number of aromatic nitrogens is 1. The Bertz CT molecular complexity index is 900. The van der Waals surface area contributed by atoms with Crippen LogP contribution in [0.1, 0.15) is 29.8 Å². The molecular weight excluding hydrogens is 366 g/mol. The number of hydrogen-bond acceptors (Lipinski definition) is 7. The van der Waals surface area contributed by atoms with Crippen molar-refractivity contribution in [3.63, 3.8) is 0 Å². The van der Waals surface area contributed by atoms with Crippen LogP contribution in [0.5, 0.6) is 0 Å². The Hall–Kier alpha value is -2.30. The van der Waals surface area contributed by atoms with Gasteiger partial charge in [0.15, 0.2) is 5.03 Å². The summed E-state index contributed by atoms with van der Waals surface area (Å²) in [6.45, 7) is 4.18. The normalized spacial score (nSPS) is 11.8. The fourth-order valence-corrected chi connectivity index (χ4v) is 3.44. The molecule has 3 N–H and O–H groups in total. The van der Waals surface area contributed by atoms with Gasteiger partial charge in [0.1, 0.15) is 5.60 Å². The number of aryl methyl sites for hydroxylation is 1. The van der Waals surface area contributed by atoms with Gasteiger partial charge in [-0.3, -0.25) is 9.59 Å². The molecule has 8 nitrogen and oxygen atoms in total. The van der Waals surface area contributed by atoms with Gasteiger partial charge in [-0.1, -0.05) is 0 Å². The predicted octanol–water partition coefficient (Wildman–Crippen LogP) is 1.28. The molecule has 10 heteroatoms. The fourth-order valence-electron chi connectivity index (χ4n) is 1.76. The number of aliphatic hydroxyl groups is 1. The van der Waals surface area contributed by atoms with Crippen molar-refractivity contribution < 1.29 is 23.1 Å². The first-order valence-corrected chi connectivity index (χ1v) is 9.53. The van der Waals surface area contributed by atoms with Gasteiger partial charge in [0.25, 0.3) is 21.8 Å². The summed E-state index contributed by atoms with van der Waals surface area (Å²) in [7, 11) is -4.33. The van der Waals surface area contributed by atoms with Gasteiger partial charge in [-0.05, 0) is 43.8 Å². The third-order valence-electron chi connectivity index (χ3n) is 3.06. The van der Waals surface area contributed by atoms with E-state index in [0.29, 0.717) is 5.56 Å². The lowest BCUT2D eigenvalue weighted by Gasteiger charge is -2.18. The van der Waals surface area contributed by atoms with Crippen molar-refractivity contribution in [3.05, 3.63) is 40.2 Å². The quantitative estimate of drug-likeness (QED) is 0.714. The Morgan fingerprint density at radius 3 is 2.56 bits per heavy atom. The number of anilines is 1. The molecule has 0 aliphatic carbocycles. The molecule has 0 saturated carbocycles. The van der Waals surface area contributed by atoms with E-state index in [2.05, 4.69) is 10.3 Å². The summed E-state index contributed by atoms with van der Waals surface area (Å²) in [5.74, 6) is -1.61. The molecule has 0 spiro atoms. The molecule has 0 saturated heterocycles. The largest absolute Gasteiger partial charge is 0.381 e. The zero-order valence-electron chi connectivity index (χ0n) is 13.7. The molecule has 2 rings (SSSR count). The molecule has 2 aromatic rings. The number of nitrogens with one attached hydrogen (secondary N) is 2. The summed E-state index contributed by atoms with van der Waals surface area (Å²) in [5.41, 5.74) is -1.06. The van der Waals surface area contributed by atoms with E-state index in [1.54, 1.807) is 12.3 Å². The molecule has 0 aliphatic rings. The Kier molecular flexibility index (Phi) is 5.26. The van der Waals surface area contributed by atoms with Crippen LogP contribution in [0.25, 0.3) is 0 Å². The molecule has 0 aromatic carbocycles. The first-order valence-electron chi connectivity index (χ1n) is 7.10. The maximum Gasteiger partial charge on any atom is 0.283 e. The van der Waals surface area contributed by atoms with Crippen LogP contribution >= 0.6 is 11.3 Å². The van der Waals surface area contributed by atoms with Crippen molar-refractivity contribution in [1.82, 2.24) is 9.71 Å². The Labute approximate surface area is 149 Å². The SMILES string of the molecule is Cc1cnc(S(=O)(=O)NC(=O)c2ccsc2)c(NC(=O)C(C)(C)O)c1. The molecule has 25 heavy (non-hydrogen) atoms. The lowest BCUT2D eigenvalue weighted by atomic mass is 10.1. The minimum atomic E-state index is -4.33. The Balaban J connectivity index is 2.37. The third-order valence-corrected chi connectivity index (χ3v) is 5.03. The van der Waals surface area contributed by atoms with Crippen molar-refractivity contribution in [1.29, 1.82) is 0 Å². The van der Waals surface area contributed by atoms with Crippen molar-refractivity contribution in [2.24, 2.45) is 0 Å². The third kappa shape index (κ3) is 4.62. The maximum absolute atomic E-state index is 12.5. The Morgan fingerprint density at radius 1 is 1.32 bits per heavy atom. The number of sulfonamides is 1. The van der Waals surface area contributed by atoms with Crippen LogP contribution < -0.4 is 10.0 Å². The van der Waals surface area contributed by atoms with E-state index >= 15 is 0 Å². The van der Waals surface area contributed by atoms with E-state index in [1.807, 2.05) is 4.72 Å². The topological polar surface area (TPSA) is 125 Å². The van der Waals surface area contributed by atoms with Gasteiger partial charge in [-0.25, -0.2) is 9.71 Å². The molecule has 2 aromatic heterocycles. The highest BCUT2D eigenvalue weighted by Gasteiger charge is 2.29. The fraction of sp³-hybridized carbons (Fsp3) is 0.267. The van der Waals surface area contributed by atoms with Crippen LogP contribution in [0.2, 0.25) is 0 Å². The van der Waals surface area contributed by atoms with Crippen LogP contribution in [0.4, 0.5) is 5.69 Å². The molecule has 0 atom stereocenters. The van der Waals surface area contributed by atoms with E-state index in [-0.39, 0.29) is 11.3 Å². The second kappa shape index (κ2) is 6.90. The summed E-state index contributed by atoms with van der Waals surface area (Å²) in [6, 6.07) is 2.87. The van der Waals surface area contributed by atoms with Gasteiger partial charge < -0.3 is 10.4 Å². The molecular formula is C15H17N3O5S2. The van der Waals surface area contributed by atoms with Gasteiger partial charge in [-0.2, -0.15) is 19.8 Å². The number of rotatable bonds is 5. The van der Waals surface area contributed by atoms with Gasteiger partial charge >= 0.3 is 0 Å². The van der Waals surface area contributed by atoms with Crippen LogP contribution in [0.15, 0.2) is 34.1 Å². The van der Waals surface area contributed by atoms with E-state index in [0.717, 1.165) is 0 Å². The minimum absolute atomic E-state index is 0.127. The second-order valence-electron chi connectivity index (χ2n) is 5.83. The van der Waals surface area contributed by atoms with Gasteiger partial charge in [-0.15, -0.1) is 0 Å². The van der Waals surface area contributed by atoms with Crippen molar-refractivity contribution in [3.8, 4) is 0 Å². The molecule has 0 bridgehead atoms. The first kappa shape index (κ1) is 19.0. The number of hydrogen-bond donors (Lipinski definition) is 3. The summed E-state index contributed by atoms with van der Waals surface area (Å²) < 4.78 is 26.9. The summed E-state index contributed by atoms with van der Waals surface area (Å²) in [4.78, 5) is 27.8. The van der Waals surface area contributed by atoms with E-state index in [1.165, 1.54) is 48.9 Å². The number of thiophene rings is 1. The van der Waals surface area contributed by atoms with Crippen molar-refractivity contribution in [2.45, 2.75) is 31.4 Å². The van der Waals surface area contributed by atoms with Crippen LogP contribution in [0, 0.1) is 6.92 Å². The smallest absolute Gasteiger partial charge is 0.283 e. The minimum Gasteiger partial charge on any atom is -0.381 e. The van der Waals surface area contributed by atoms with Crippen LogP contribution in [0.3, 0.4) is 0 Å². The first-order chi connectivity index (χ1) is 11.5. The summed E-state index contributed by atoms with van der Waals surface area (Å²) >= 11 is 1.25. The highest BCUT2D eigenvalue weighted by atomic mass is 32.2. The number of amides is 2. The van der Waals surface area contributed by atoms with E-state index < -0.39 is 32.5 Å². The lowest BCUT2D eigenvalue weighted by molar-refractivity contribution is -0.130. The number of carbonyl (C=O) groups is 2. The average molecular weight is 383 g/mol. The Morgan fingerprint density at radius 2 is 2.00 bits per heavy atom. The second-order valence-corrected chi connectivity index (χ2v) is 8.20. The highest BCUT2D eigenvalue weighted by molar-refractivity contribution is 7.90. The molecule has 0 fully saturated rings. The molecule has 2 amide bonds. The highest BCUT2D eigenvalue weighted by Crippen LogP contribution is 2.21. The molecule has 0 unspecified atom stereocenters. The van der Waals surface area contributed by atoms with Crippen molar-refractivity contribution in [2.75, 3.05) is 5.32 Å². The number of nitrogens with zero attached hydrogens (tertiary/aromatic N) is 1. The molecule has 2 heterocycles. The zero-order valence-corrected chi connectivity index (χ0v) is 15.4. The van der Waals surface area contributed by atoms with Gasteiger partial charge in [0, 0.05) is 11.6 Å². The number of carbonyl (C=O) groups excluding carboxylic acids is 2. The predicted molar refractivity (Wildman–Crippen MR) is 92.9 cm³/mol. The standard InChI is InChI=1S/C15H17N3O5S2/c1-9-6-11(17-14(20)15(2,3)21)13(16-7-9)25(22,23)18-12(19)10-4-5-24-8-10/h4-8,21H,1-3H3,(H,17,20)(H,18,19). The molecule has 0 radical (unpaired) electrons. The van der Waals surface area contributed by atoms with E-state index in [4.69, 9.17) is 0 Å². The van der Waals surface area contributed by atoms with Crippen molar-refractivity contribution >= 4 is 38.9 Å². The zero-order chi connectivity index (χ0) is 18.8. The maximum atomic E-state index is 12.5. The summed E-state index contributed by atoms with van der Waals surface area (Å²) in [5, 5.41) is 14.7. The monoisotopic (exact) mass is 383 g/mol. The van der Waals surface area contributed by atoms with Gasteiger partial charge in [0.2, 0.25) is 0 Å². The van der Waals surface area contributed by atoms with Crippen LogP contribution in [-0.2, 0) is 14.8 Å².